The molecule has 74 valence electrons. The van der Waals surface area contributed by atoms with Crippen molar-refractivity contribution in [3.05, 3.63) is 0 Å². The van der Waals surface area contributed by atoms with E-state index in [1.165, 1.54) is 0 Å². The summed E-state index contributed by atoms with van der Waals surface area (Å²) in [7, 11) is -3.67. The molecule has 0 fully saturated rings. The highest BCUT2D eigenvalue weighted by Crippen LogP contribution is 1.76. The molecular weight excluding hydrogens is 190 g/mol. The lowest BCUT2D eigenvalue weighted by Gasteiger charge is -1.87. The number of hydrogen-bond acceptors (Lipinski definition) is 6. The second-order valence-corrected chi connectivity index (χ2v) is 3.20. The van der Waals surface area contributed by atoms with Crippen LogP contribution in [0.25, 0.3) is 0 Å². The van der Waals surface area contributed by atoms with Gasteiger partial charge in [0.1, 0.15) is 0 Å². The van der Waals surface area contributed by atoms with E-state index in [0.29, 0.717) is 6.26 Å². The summed E-state index contributed by atoms with van der Waals surface area (Å²) in [5.41, 5.74) is 4.89. The van der Waals surface area contributed by atoms with Crippen LogP contribution in [0.3, 0.4) is 0 Å². The average molecular weight is 201 g/mol. The van der Waals surface area contributed by atoms with Gasteiger partial charge in [0.25, 0.3) is 10.1 Å². The summed E-state index contributed by atoms with van der Waals surface area (Å²) in [6.07, 6.45) is 0.781. The van der Waals surface area contributed by atoms with Crippen molar-refractivity contribution in [1.29, 1.82) is 0 Å². The second-order valence-electron chi connectivity index (χ2n) is 1.73. The maximum Gasteiger partial charge on any atom is 0.343 e. The van der Waals surface area contributed by atoms with Crippen LogP contribution in [0.1, 0.15) is 6.42 Å². The molecule has 0 spiro atoms. The molecule has 0 radical (unpaired) electrons. The summed E-state index contributed by atoms with van der Waals surface area (Å²) in [5, 5.41) is 7.56. The molecule has 0 rings (SSSR count). The molecule has 0 aromatic heterocycles. The van der Waals surface area contributed by atoms with Gasteiger partial charge in [0.15, 0.2) is 0 Å². The molecule has 0 unspecified atom stereocenters. The predicted octanol–water partition coefficient (Wildman–Crippen LogP) is -1.14. The zero-order valence-electron chi connectivity index (χ0n) is 6.43. The van der Waals surface area contributed by atoms with E-state index in [4.69, 9.17) is 15.5 Å². The first-order valence-corrected chi connectivity index (χ1v) is 4.63. The van der Waals surface area contributed by atoms with E-state index < -0.39 is 16.1 Å². The summed E-state index contributed by atoms with van der Waals surface area (Å²) in [4.78, 5) is 13.1. The van der Waals surface area contributed by atoms with Gasteiger partial charge in [-0.15, -0.1) is 0 Å². The molecule has 0 aliphatic heterocycles. The van der Waals surface area contributed by atoms with E-state index in [1.807, 2.05) is 0 Å². The van der Waals surface area contributed by atoms with Gasteiger partial charge in [-0.3, -0.25) is 4.55 Å². The SMILES string of the molecule is CS(=O)(=O)O.NCCC(=O)OO. The van der Waals surface area contributed by atoms with E-state index in [1.54, 1.807) is 0 Å². The van der Waals surface area contributed by atoms with Gasteiger partial charge in [-0.1, -0.05) is 0 Å². The lowest BCUT2D eigenvalue weighted by Crippen LogP contribution is -2.08. The van der Waals surface area contributed by atoms with Crippen molar-refractivity contribution in [3.8, 4) is 0 Å². The van der Waals surface area contributed by atoms with Crippen LogP contribution in [0.4, 0.5) is 0 Å². The van der Waals surface area contributed by atoms with E-state index in [2.05, 4.69) is 4.89 Å². The molecule has 0 aliphatic rings. The molecule has 0 aromatic rings. The van der Waals surface area contributed by atoms with Crippen molar-refractivity contribution in [1.82, 2.24) is 0 Å². The third kappa shape index (κ3) is 34.6. The minimum absolute atomic E-state index is 0.0660. The molecule has 0 amide bonds. The predicted molar refractivity (Wildman–Crippen MR) is 39.9 cm³/mol. The van der Waals surface area contributed by atoms with Gasteiger partial charge < -0.3 is 10.6 Å². The quantitative estimate of drug-likeness (QED) is 0.292. The Morgan fingerprint density at radius 1 is 1.58 bits per heavy atom. The highest BCUT2D eigenvalue weighted by atomic mass is 32.2. The van der Waals surface area contributed by atoms with Crippen molar-refractivity contribution >= 4 is 16.1 Å². The van der Waals surface area contributed by atoms with Crippen LogP contribution < -0.4 is 5.73 Å². The van der Waals surface area contributed by atoms with Crippen LogP contribution in [0.2, 0.25) is 0 Å². The van der Waals surface area contributed by atoms with E-state index >= 15 is 0 Å². The van der Waals surface area contributed by atoms with Crippen molar-refractivity contribution in [2.45, 2.75) is 6.42 Å². The van der Waals surface area contributed by atoms with Crippen LogP contribution in [-0.2, 0) is 19.8 Å². The molecule has 0 saturated carbocycles. The fourth-order valence-corrected chi connectivity index (χ4v) is 0.163. The molecule has 12 heavy (non-hydrogen) atoms. The largest absolute Gasteiger partial charge is 0.343 e. The molecule has 0 saturated heterocycles. The topological polar surface area (TPSA) is 127 Å². The Labute approximate surface area is 69.8 Å². The first kappa shape index (κ1) is 13.9. The number of nitrogens with two attached hydrogens (primary N) is 1. The smallest absolute Gasteiger partial charge is 0.330 e. The molecule has 0 bridgehead atoms. The highest BCUT2D eigenvalue weighted by molar-refractivity contribution is 7.85. The highest BCUT2D eigenvalue weighted by Gasteiger charge is 1.95. The van der Waals surface area contributed by atoms with Crippen molar-refractivity contribution in [2.24, 2.45) is 5.73 Å². The summed E-state index contributed by atoms with van der Waals surface area (Å²) in [6.45, 7) is 0.208. The number of hydrogen-bond donors (Lipinski definition) is 3. The Balaban J connectivity index is 0. The minimum Gasteiger partial charge on any atom is -0.330 e. The third-order valence-corrected chi connectivity index (χ3v) is 0.450. The van der Waals surface area contributed by atoms with E-state index in [0.717, 1.165) is 0 Å². The summed E-state index contributed by atoms with van der Waals surface area (Å²) in [6, 6.07) is 0. The van der Waals surface area contributed by atoms with Crippen molar-refractivity contribution in [2.75, 3.05) is 12.8 Å². The Hall–Kier alpha value is -0.700. The standard InChI is InChI=1S/C3H7NO3.CH4O3S/c4-2-1-3(5)7-6;1-5(2,3)4/h6H,1-2,4H2;1H3,(H,2,3,4). The Bertz CT molecular complexity index is 202. The van der Waals surface area contributed by atoms with Gasteiger partial charge in [0.05, 0.1) is 12.7 Å². The van der Waals surface area contributed by atoms with Gasteiger partial charge in [0, 0.05) is 6.54 Å². The minimum atomic E-state index is -3.67. The van der Waals surface area contributed by atoms with Crippen LogP contribution in [0.5, 0.6) is 0 Å². The molecule has 4 N–H and O–H groups in total. The fraction of sp³-hybridized carbons (Fsp3) is 0.750. The molecule has 0 heterocycles. The molecule has 7 nitrogen and oxygen atoms in total. The number of rotatable bonds is 2. The zero-order valence-corrected chi connectivity index (χ0v) is 7.24. The molecular formula is C4H11NO6S. The van der Waals surface area contributed by atoms with Crippen LogP contribution in [-0.4, -0.2) is 37.0 Å². The van der Waals surface area contributed by atoms with Crippen molar-refractivity contribution < 1.29 is 27.9 Å². The lowest BCUT2D eigenvalue weighted by molar-refractivity contribution is -0.234. The second kappa shape index (κ2) is 6.98. The van der Waals surface area contributed by atoms with E-state index in [-0.39, 0.29) is 13.0 Å². The first-order valence-electron chi connectivity index (χ1n) is 2.78. The monoisotopic (exact) mass is 201 g/mol. The Kier molecular flexibility index (Phi) is 8.06. The van der Waals surface area contributed by atoms with Gasteiger partial charge in [-0.25, -0.2) is 4.79 Å². The summed E-state index contributed by atoms with van der Waals surface area (Å²) in [5.74, 6) is -0.692. The molecule has 0 atom stereocenters. The van der Waals surface area contributed by atoms with Crippen LogP contribution in [0, 0.1) is 0 Å². The maximum absolute atomic E-state index is 9.86. The summed E-state index contributed by atoms with van der Waals surface area (Å²) >= 11 is 0. The third-order valence-electron chi connectivity index (χ3n) is 0.450. The molecule has 8 heteroatoms. The van der Waals surface area contributed by atoms with E-state index in [9.17, 15) is 13.2 Å². The Morgan fingerprint density at radius 3 is 2.00 bits per heavy atom. The first-order chi connectivity index (χ1) is 5.31. The maximum atomic E-state index is 9.86. The average Bonchev–Trinajstić information content (AvgIpc) is 1.85. The van der Waals surface area contributed by atoms with Crippen LogP contribution in [0.15, 0.2) is 0 Å². The molecule has 0 aromatic carbocycles. The van der Waals surface area contributed by atoms with Gasteiger partial charge in [-0.05, 0) is 0 Å². The fourth-order valence-electron chi connectivity index (χ4n) is 0.163. The Morgan fingerprint density at radius 2 is 1.92 bits per heavy atom. The van der Waals surface area contributed by atoms with Gasteiger partial charge in [-0.2, -0.15) is 13.7 Å². The normalized spacial score (nSPS) is 9.67. The van der Waals surface area contributed by atoms with Crippen LogP contribution >= 0.6 is 0 Å². The molecule has 0 aliphatic carbocycles. The van der Waals surface area contributed by atoms with Gasteiger partial charge >= 0.3 is 5.97 Å². The lowest BCUT2D eigenvalue weighted by atomic mass is 10.5. The summed E-state index contributed by atoms with van der Waals surface area (Å²) < 4.78 is 25.9. The number of carbonyl (C=O) groups is 1. The number of carbonyl (C=O) groups excluding carboxylic acids is 1. The zero-order chi connectivity index (χ0) is 10.2. The van der Waals surface area contributed by atoms with Crippen molar-refractivity contribution in [3.63, 3.8) is 0 Å². The van der Waals surface area contributed by atoms with Gasteiger partial charge in [0.2, 0.25) is 0 Å².